The van der Waals surface area contributed by atoms with E-state index in [0.717, 1.165) is 45.5 Å². The van der Waals surface area contributed by atoms with Gasteiger partial charge in [-0.15, -0.1) is 0 Å². The molecule has 0 radical (unpaired) electrons. The predicted octanol–water partition coefficient (Wildman–Crippen LogP) is 4.72. The monoisotopic (exact) mass is 470 g/mol. The molecule has 1 unspecified atom stereocenters. The third-order valence-corrected chi connectivity index (χ3v) is 6.32. The highest BCUT2D eigenvalue weighted by Gasteiger charge is 2.32. The zero-order valence-corrected chi connectivity index (χ0v) is 19.6. The summed E-state index contributed by atoms with van der Waals surface area (Å²) in [6.07, 6.45) is 1.98. The van der Waals surface area contributed by atoms with Gasteiger partial charge in [0, 0.05) is 29.1 Å². The van der Waals surface area contributed by atoms with E-state index in [1.54, 1.807) is 14.2 Å². The van der Waals surface area contributed by atoms with E-state index in [2.05, 4.69) is 45.9 Å². The molecule has 3 aromatic carbocycles. The third kappa shape index (κ3) is 3.86. The molecule has 8 nitrogen and oxygen atoms in total. The van der Waals surface area contributed by atoms with E-state index in [0.29, 0.717) is 31.4 Å². The molecule has 0 bridgehead atoms. The molecule has 0 saturated carbocycles. The summed E-state index contributed by atoms with van der Waals surface area (Å²) in [4.78, 5) is 7.08. The Labute approximate surface area is 203 Å². The topological polar surface area (TPSA) is 76.6 Å². The maximum absolute atomic E-state index is 5.73. The average Bonchev–Trinajstić information content (AvgIpc) is 2.92. The maximum atomic E-state index is 5.73. The van der Waals surface area contributed by atoms with E-state index in [1.165, 1.54) is 0 Å². The number of nitrogens with one attached hydrogen (secondary N) is 2. The van der Waals surface area contributed by atoms with Crippen LogP contribution in [-0.2, 0) is 0 Å². The van der Waals surface area contributed by atoms with Crippen molar-refractivity contribution in [3.05, 3.63) is 77.9 Å². The molecule has 3 aliphatic heterocycles. The largest absolute Gasteiger partial charge is 0.493 e. The second-order valence-electron chi connectivity index (χ2n) is 8.37. The van der Waals surface area contributed by atoms with Crippen molar-refractivity contribution in [2.24, 2.45) is 4.99 Å². The van der Waals surface area contributed by atoms with E-state index in [9.17, 15) is 0 Å². The molecule has 6 rings (SSSR count). The molecule has 1 atom stereocenters. The number of amidine groups is 1. The first kappa shape index (κ1) is 21.2. The SMILES string of the molecule is COc1ccc(C2Nc3ccccc3C3=CC(Nc4ccc5c(c4)OCCO5)=NCN32)cc1OC. The van der Waals surface area contributed by atoms with Crippen LogP contribution in [0.4, 0.5) is 11.4 Å². The zero-order chi connectivity index (χ0) is 23.8. The number of hydrogen-bond donors (Lipinski definition) is 2. The quantitative estimate of drug-likeness (QED) is 0.571. The highest BCUT2D eigenvalue weighted by atomic mass is 16.6. The minimum atomic E-state index is -0.115. The van der Waals surface area contributed by atoms with Crippen LogP contribution in [-0.4, -0.2) is 44.8 Å². The Morgan fingerprint density at radius 3 is 2.63 bits per heavy atom. The summed E-state index contributed by atoms with van der Waals surface area (Å²) in [5.74, 6) is 3.69. The van der Waals surface area contributed by atoms with Gasteiger partial charge in [-0.1, -0.05) is 24.3 Å². The second kappa shape index (κ2) is 8.79. The molecule has 0 saturated heterocycles. The van der Waals surface area contributed by atoms with Crippen LogP contribution < -0.4 is 29.6 Å². The molecule has 178 valence electrons. The number of ether oxygens (including phenoxy) is 4. The van der Waals surface area contributed by atoms with Gasteiger partial charge in [0.05, 0.1) is 19.9 Å². The number of anilines is 2. The van der Waals surface area contributed by atoms with Gasteiger partial charge in [0.1, 0.15) is 31.9 Å². The van der Waals surface area contributed by atoms with E-state index in [-0.39, 0.29) is 6.17 Å². The van der Waals surface area contributed by atoms with Gasteiger partial charge in [-0.05, 0) is 35.9 Å². The molecule has 0 aromatic heterocycles. The molecule has 35 heavy (non-hydrogen) atoms. The summed E-state index contributed by atoms with van der Waals surface area (Å²) in [6, 6.07) is 20.2. The molecule has 3 aliphatic rings. The molecule has 2 N–H and O–H groups in total. The normalized spacial score (nSPS) is 17.8. The van der Waals surface area contributed by atoms with Crippen LogP contribution in [0.15, 0.2) is 71.7 Å². The Balaban J connectivity index is 1.33. The zero-order valence-electron chi connectivity index (χ0n) is 19.6. The number of para-hydroxylation sites is 1. The molecular formula is C27H26N4O4. The summed E-state index contributed by atoms with van der Waals surface area (Å²) in [7, 11) is 3.29. The minimum absolute atomic E-state index is 0.115. The summed E-state index contributed by atoms with van der Waals surface area (Å²) in [5, 5.41) is 7.11. The van der Waals surface area contributed by atoms with Gasteiger partial charge in [0.25, 0.3) is 0 Å². The highest BCUT2D eigenvalue weighted by Crippen LogP contribution is 2.42. The standard InChI is InChI=1S/C27H26N4O4/c1-32-22-9-7-17(13-24(22)33-2)27-30-20-6-4-3-5-19(20)21-15-26(28-16-31(21)27)29-18-8-10-23-25(14-18)35-12-11-34-23/h3-10,13-15,27,30H,11-12,16H2,1-2H3,(H,28,29). The van der Waals surface area contributed by atoms with Gasteiger partial charge in [-0.2, -0.15) is 0 Å². The lowest BCUT2D eigenvalue weighted by molar-refractivity contribution is 0.171. The highest BCUT2D eigenvalue weighted by molar-refractivity contribution is 6.09. The van der Waals surface area contributed by atoms with Crippen LogP contribution in [0.1, 0.15) is 17.3 Å². The Morgan fingerprint density at radius 2 is 1.77 bits per heavy atom. The second-order valence-corrected chi connectivity index (χ2v) is 8.37. The van der Waals surface area contributed by atoms with Crippen molar-refractivity contribution in [2.75, 3.05) is 44.7 Å². The van der Waals surface area contributed by atoms with Gasteiger partial charge in [0.2, 0.25) is 0 Å². The lowest BCUT2D eigenvalue weighted by atomic mass is 9.99. The fraction of sp³-hybridized carbons (Fsp3) is 0.222. The lowest BCUT2D eigenvalue weighted by Crippen LogP contribution is -2.39. The van der Waals surface area contributed by atoms with Crippen molar-refractivity contribution in [2.45, 2.75) is 6.17 Å². The summed E-state index contributed by atoms with van der Waals surface area (Å²) < 4.78 is 22.3. The first-order valence-corrected chi connectivity index (χ1v) is 11.5. The van der Waals surface area contributed by atoms with Gasteiger partial charge in [-0.3, -0.25) is 0 Å². The molecule has 3 heterocycles. The van der Waals surface area contributed by atoms with Crippen molar-refractivity contribution in [1.82, 2.24) is 4.90 Å². The number of methoxy groups -OCH3 is 2. The van der Waals surface area contributed by atoms with Gasteiger partial charge < -0.3 is 34.5 Å². The first-order chi connectivity index (χ1) is 17.2. The fourth-order valence-corrected chi connectivity index (χ4v) is 4.63. The Bertz CT molecular complexity index is 1340. The molecule has 3 aromatic rings. The average molecular weight is 471 g/mol. The minimum Gasteiger partial charge on any atom is -0.493 e. The van der Waals surface area contributed by atoms with Crippen LogP contribution in [0.25, 0.3) is 5.70 Å². The third-order valence-electron chi connectivity index (χ3n) is 6.32. The number of benzene rings is 3. The van der Waals surface area contributed by atoms with E-state index < -0.39 is 0 Å². The number of rotatable bonds is 4. The van der Waals surface area contributed by atoms with Gasteiger partial charge >= 0.3 is 0 Å². The van der Waals surface area contributed by atoms with Gasteiger partial charge in [-0.25, -0.2) is 4.99 Å². The summed E-state index contributed by atoms with van der Waals surface area (Å²) >= 11 is 0. The van der Waals surface area contributed by atoms with Crippen LogP contribution in [0, 0.1) is 0 Å². The molecule has 0 fully saturated rings. The van der Waals surface area contributed by atoms with E-state index in [4.69, 9.17) is 23.9 Å². The summed E-state index contributed by atoms with van der Waals surface area (Å²) in [5.41, 5.74) is 5.24. The number of hydrogen-bond acceptors (Lipinski definition) is 8. The van der Waals surface area contributed by atoms with Crippen molar-refractivity contribution in [3.8, 4) is 23.0 Å². The van der Waals surface area contributed by atoms with E-state index >= 15 is 0 Å². The van der Waals surface area contributed by atoms with E-state index in [1.807, 2.05) is 36.4 Å². The fourth-order valence-electron chi connectivity index (χ4n) is 4.63. The maximum Gasteiger partial charge on any atom is 0.163 e. The van der Waals surface area contributed by atoms with Crippen molar-refractivity contribution in [1.29, 1.82) is 0 Å². The van der Waals surface area contributed by atoms with Crippen LogP contribution >= 0.6 is 0 Å². The smallest absolute Gasteiger partial charge is 0.163 e. The number of fused-ring (bicyclic) bond motifs is 4. The van der Waals surface area contributed by atoms with Crippen LogP contribution in [0.3, 0.4) is 0 Å². The molecule has 0 amide bonds. The van der Waals surface area contributed by atoms with Gasteiger partial charge in [0.15, 0.2) is 23.0 Å². The number of aliphatic imine (C=N–C) groups is 1. The Morgan fingerprint density at radius 1 is 0.943 bits per heavy atom. The molecule has 0 aliphatic carbocycles. The number of nitrogens with zero attached hydrogens (tertiary/aromatic N) is 2. The van der Waals surface area contributed by atoms with Crippen LogP contribution in [0.2, 0.25) is 0 Å². The van der Waals surface area contributed by atoms with Crippen molar-refractivity contribution in [3.63, 3.8) is 0 Å². The lowest BCUT2D eigenvalue weighted by Gasteiger charge is -2.42. The first-order valence-electron chi connectivity index (χ1n) is 11.5. The van der Waals surface area contributed by atoms with Crippen LogP contribution in [0.5, 0.6) is 23.0 Å². The Kier molecular flexibility index (Phi) is 5.33. The summed E-state index contributed by atoms with van der Waals surface area (Å²) in [6.45, 7) is 1.61. The predicted molar refractivity (Wildman–Crippen MR) is 136 cm³/mol. The molecule has 0 spiro atoms. The Hall–Kier alpha value is -4.33. The molecular weight excluding hydrogens is 444 g/mol. The van der Waals surface area contributed by atoms with Crippen molar-refractivity contribution >= 4 is 22.9 Å². The molecule has 8 heteroatoms. The van der Waals surface area contributed by atoms with Crippen molar-refractivity contribution < 1.29 is 18.9 Å².